The van der Waals surface area contributed by atoms with Gasteiger partial charge in [0.15, 0.2) is 5.82 Å². The number of H-pyrrole nitrogens is 1. The number of nitrogens with one attached hydrogen (secondary N) is 2. The zero-order valence-electron chi connectivity index (χ0n) is 9.68. The zero-order chi connectivity index (χ0) is 10.8. The molecule has 0 spiro atoms. The van der Waals surface area contributed by atoms with Crippen LogP contribution in [-0.2, 0) is 6.54 Å². The summed E-state index contributed by atoms with van der Waals surface area (Å²) in [4.78, 5) is 4.24. The van der Waals surface area contributed by atoms with Crippen LogP contribution in [0.3, 0.4) is 0 Å². The summed E-state index contributed by atoms with van der Waals surface area (Å²) in [7, 11) is 0. The van der Waals surface area contributed by atoms with E-state index >= 15 is 0 Å². The molecule has 1 aromatic heterocycles. The van der Waals surface area contributed by atoms with Crippen molar-refractivity contribution in [2.75, 3.05) is 0 Å². The largest absolute Gasteiger partial charge is 0.307 e. The molecule has 0 aliphatic carbocycles. The van der Waals surface area contributed by atoms with Crippen LogP contribution in [0.25, 0.3) is 0 Å². The van der Waals surface area contributed by atoms with Crippen LogP contribution in [0.5, 0.6) is 0 Å². The molecule has 0 bridgehead atoms. The third-order valence-electron chi connectivity index (χ3n) is 2.51. The Hall–Kier alpha value is -0.900. The van der Waals surface area contributed by atoms with E-state index in [9.17, 15) is 0 Å². The quantitative estimate of drug-likeness (QED) is 0.772. The molecule has 4 nitrogen and oxygen atoms in total. The van der Waals surface area contributed by atoms with Gasteiger partial charge in [0.25, 0.3) is 0 Å². The Bertz CT molecular complexity index is 285. The van der Waals surface area contributed by atoms with Crippen molar-refractivity contribution in [3.05, 3.63) is 11.6 Å². The second-order valence-electron chi connectivity index (χ2n) is 4.81. The summed E-state index contributed by atoms with van der Waals surface area (Å²) < 4.78 is 0. The first-order chi connectivity index (χ1) is 6.39. The van der Waals surface area contributed by atoms with E-state index in [-0.39, 0.29) is 5.41 Å². The summed E-state index contributed by atoms with van der Waals surface area (Å²) in [6.45, 7) is 11.5. The van der Waals surface area contributed by atoms with Crippen molar-refractivity contribution < 1.29 is 0 Å². The van der Waals surface area contributed by atoms with Crippen molar-refractivity contribution in [3.8, 4) is 0 Å². The first kappa shape index (κ1) is 11.2. The van der Waals surface area contributed by atoms with Crippen molar-refractivity contribution in [1.82, 2.24) is 20.5 Å². The summed E-state index contributed by atoms with van der Waals surface area (Å²) in [5, 5.41) is 10.3. The number of rotatable bonds is 3. The van der Waals surface area contributed by atoms with Gasteiger partial charge in [0.2, 0.25) is 0 Å². The second kappa shape index (κ2) is 4.09. The van der Waals surface area contributed by atoms with E-state index in [2.05, 4.69) is 48.2 Å². The molecule has 0 radical (unpaired) electrons. The molecule has 0 aliphatic rings. The highest BCUT2D eigenvalue weighted by Gasteiger charge is 2.19. The van der Waals surface area contributed by atoms with Gasteiger partial charge in [-0.15, -0.1) is 0 Å². The van der Waals surface area contributed by atoms with Gasteiger partial charge in [0, 0.05) is 6.04 Å². The third-order valence-corrected chi connectivity index (χ3v) is 2.51. The number of hydrogen-bond donors (Lipinski definition) is 2. The SMILES string of the molecule is Cc1nc(CNC(C)C(C)(C)C)n[nH]1. The molecule has 1 rings (SSSR count). The zero-order valence-corrected chi connectivity index (χ0v) is 9.68. The summed E-state index contributed by atoms with van der Waals surface area (Å²) in [6.07, 6.45) is 0. The average molecular weight is 196 g/mol. The molecule has 4 heteroatoms. The maximum absolute atomic E-state index is 4.24. The van der Waals surface area contributed by atoms with Gasteiger partial charge in [-0.05, 0) is 19.3 Å². The Morgan fingerprint density at radius 1 is 1.43 bits per heavy atom. The normalized spacial score (nSPS) is 14.4. The van der Waals surface area contributed by atoms with Crippen LogP contribution in [0, 0.1) is 12.3 Å². The smallest absolute Gasteiger partial charge is 0.164 e. The fourth-order valence-electron chi connectivity index (χ4n) is 1.02. The van der Waals surface area contributed by atoms with Crippen molar-refractivity contribution >= 4 is 0 Å². The molecular weight excluding hydrogens is 176 g/mol. The Morgan fingerprint density at radius 3 is 2.50 bits per heavy atom. The molecule has 1 unspecified atom stereocenters. The van der Waals surface area contributed by atoms with Crippen LogP contribution in [0.4, 0.5) is 0 Å². The molecule has 0 aromatic carbocycles. The molecule has 0 saturated carbocycles. The Kier molecular flexibility index (Phi) is 3.26. The molecule has 2 N–H and O–H groups in total. The predicted octanol–water partition coefficient (Wildman–Crippen LogP) is 1.64. The highest BCUT2D eigenvalue weighted by atomic mass is 15.2. The molecule has 0 amide bonds. The molecular formula is C10H20N4. The summed E-state index contributed by atoms with van der Waals surface area (Å²) in [5.74, 6) is 1.70. The second-order valence-corrected chi connectivity index (χ2v) is 4.81. The Labute approximate surface area is 85.5 Å². The lowest BCUT2D eigenvalue weighted by Crippen LogP contribution is -2.37. The number of nitrogens with zero attached hydrogens (tertiary/aromatic N) is 2. The lowest BCUT2D eigenvalue weighted by atomic mass is 9.88. The van der Waals surface area contributed by atoms with E-state index in [0.717, 1.165) is 18.2 Å². The number of hydrogen-bond acceptors (Lipinski definition) is 3. The van der Waals surface area contributed by atoms with Crippen LogP contribution in [0.15, 0.2) is 0 Å². The van der Waals surface area contributed by atoms with E-state index in [1.165, 1.54) is 0 Å². The van der Waals surface area contributed by atoms with Crippen molar-refractivity contribution in [2.45, 2.75) is 47.2 Å². The topological polar surface area (TPSA) is 53.6 Å². The highest BCUT2D eigenvalue weighted by molar-refractivity contribution is 4.88. The fourth-order valence-corrected chi connectivity index (χ4v) is 1.02. The van der Waals surface area contributed by atoms with Gasteiger partial charge in [-0.2, -0.15) is 5.10 Å². The number of aromatic amines is 1. The molecule has 0 aliphatic heterocycles. The van der Waals surface area contributed by atoms with E-state index < -0.39 is 0 Å². The maximum Gasteiger partial charge on any atom is 0.164 e. The number of aryl methyl sites for hydroxylation is 1. The van der Waals surface area contributed by atoms with E-state index in [1.807, 2.05) is 6.92 Å². The van der Waals surface area contributed by atoms with Crippen molar-refractivity contribution in [1.29, 1.82) is 0 Å². The Morgan fingerprint density at radius 2 is 2.07 bits per heavy atom. The lowest BCUT2D eigenvalue weighted by Gasteiger charge is -2.27. The molecule has 80 valence electrons. The van der Waals surface area contributed by atoms with Crippen LogP contribution in [0.1, 0.15) is 39.3 Å². The van der Waals surface area contributed by atoms with Gasteiger partial charge < -0.3 is 5.32 Å². The van der Waals surface area contributed by atoms with E-state index in [1.54, 1.807) is 0 Å². The van der Waals surface area contributed by atoms with E-state index in [0.29, 0.717) is 6.04 Å². The molecule has 1 aromatic rings. The third kappa shape index (κ3) is 3.10. The van der Waals surface area contributed by atoms with Crippen molar-refractivity contribution in [2.24, 2.45) is 5.41 Å². The average Bonchev–Trinajstić information content (AvgIpc) is 2.45. The molecule has 14 heavy (non-hydrogen) atoms. The first-order valence-electron chi connectivity index (χ1n) is 5.01. The molecule has 1 heterocycles. The first-order valence-corrected chi connectivity index (χ1v) is 5.01. The van der Waals surface area contributed by atoms with Gasteiger partial charge in [-0.25, -0.2) is 4.98 Å². The highest BCUT2D eigenvalue weighted by Crippen LogP contribution is 2.18. The van der Waals surface area contributed by atoms with Gasteiger partial charge in [0.05, 0.1) is 6.54 Å². The number of aromatic nitrogens is 3. The van der Waals surface area contributed by atoms with Crippen LogP contribution in [-0.4, -0.2) is 21.2 Å². The molecule has 0 saturated heterocycles. The molecule has 1 atom stereocenters. The summed E-state index contributed by atoms with van der Waals surface area (Å²) in [6, 6.07) is 0.446. The van der Waals surface area contributed by atoms with Crippen molar-refractivity contribution in [3.63, 3.8) is 0 Å². The van der Waals surface area contributed by atoms with Crippen LogP contribution < -0.4 is 5.32 Å². The summed E-state index contributed by atoms with van der Waals surface area (Å²) in [5.41, 5.74) is 0.269. The minimum Gasteiger partial charge on any atom is -0.307 e. The minimum atomic E-state index is 0.269. The van der Waals surface area contributed by atoms with Gasteiger partial charge >= 0.3 is 0 Å². The summed E-state index contributed by atoms with van der Waals surface area (Å²) >= 11 is 0. The minimum absolute atomic E-state index is 0.269. The molecule has 0 fully saturated rings. The predicted molar refractivity (Wildman–Crippen MR) is 56.9 cm³/mol. The van der Waals surface area contributed by atoms with Crippen LogP contribution >= 0.6 is 0 Å². The van der Waals surface area contributed by atoms with Gasteiger partial charge in [-0.1, -0.05) is 20.8 Å². The van der Waals surface area contributed by atoms with Gasteiger partial charge in [-0.3, -0.25) is 5.10 Å². The standard InChI is InChI=1S/C10H20N4/c1-7(10(3,4)5)11-6-9-12-8(2)13-14-9/h7,11H,6H2,1-5H3,(H,12,13,14). The lowest BCUT2D eigenvalue weighted by molar-refractivity contribution is 0.283. The van der Waals surface area contributed by atoms with Crippen LogP contribution in [0.2, 0.25) is 0 Å². The Balaban J connectivity index is 2.41. The fraction of sp³-hybridized carbons (Fsp3) is 0.800. The van der Waals surface area contributed by atoms with Gasteiger partial charge in [0.1, 0.15) is 5.82 Å². The maximum atomic E-state index is 4.24. The monoisotopic (exact) mass is 196 g/mol. The van der Waals surface area contributed by atoms with E-state index in [4.69, 9.17) is 0 Å².